The number of hydrogen-bond donors (Lipinski definition) is 0. The number of carbonyl (C=O) groups excluding carboxylic acids is 1. The molecule has 1 aromatic carbocycles. The van der Waals surface area contributed by atoms with Crippen molar-refractivity contribution in [3.05, 3.63) is 52.4 Å². The number of ether oxygens (including phenoxy) is 1. The van der Waals surface area contributed by atoms with Gasteiger partial charge in [0.2, 0.25) is 0 Å². The first-order valence-corrected chi connectivity index (χ1v) is 6.52. The van der Waals surface area contributed by atoms with Gasteiger partial charge >= 0.3 is 0 Å². The molecule has 0 aliphatic heterocycles. The maximum Gasteiger partial charge on any atom is 0.257 e. The molecule has 0 atom stereocenters. The summed E-state index contributed by atoms with van der Waals surface area (Å²) in [6.07, 6.45) is 1.51. The number of nitrogens with zero attached hydrogens (tertiary/aromatic N) is 1. The van der Waals surface area contributed by atoms with E-state index in [0.29, 0.717) is 28.6 Å². The van der Waals surface area contributed by atoms with Gasteiger partial charge in [0.05, 0.1) is 18.9 Å². The summed E-state index contributed by atoms with van der Waals surface area (Å²) >= 11 is 5.99. The Morgan fingerprint density at radius 3 is 2.75 bits per heavy atom. The number of hydrogen-bond acceptors (Lipinski definition) is 3. The van der Waals surface area contributed by atoms with Gasteiger partial charge in [0, 0.05) is 24.2 Å². The molecule has 0 aliphatic carbocycles. The Morgan fingerprint density at radius 2 is 2.15 bits per heavy atom. The Kier molecular flexibility index (Phi) is 4.35. The maximum atomic E-state index is 12.3. The molecule has 20 heavy (non-hydrogen) atoms. The number of amides is 1. The fourth-order valence-corrected chi connectivity index (χ4v) is 2.21. The highest BCUT2D eigenvalue weighted by Crippen LogP contribution is 2.24. The molecule has 0 N–H and O–H groups in total. The second kappa shape index (κ2) is 6.01. The highest BCUT2D eigenvalue weighted by Gasteiger charge is 2.17. The van der Waals surface area contributed by atoms with Crippen molar-refractivity contribution in [2.45, 2.75) is 13.5 Å². The summed E-state index contributed by atoms with van der Waals surface area (Å²) in [4.78, 5) is 13.9. The van der Waals surface area contributed by atoms with Crippen LogP contribution in [0.25, 0.3) is 0 Å². The van der Waals surface area contributed by atoms with Crippen molar-refractivity contribution in [1.82, 2.24) is 4.90 Å². The van der Waals surface area contributed by atoms with Crippen molar-refractivity contribution in [3.63, 3.8) is 0 Å². The Labute approximate surface area is 122 Å². The van der Waals surface area contributed by atoms with Gasteiger partial charge in [-0.2, -0.15) is 0 Å². The number of benzene rings is 1. The van der Waals surface area contributed by atoms with E-state index in [1.807, 2.05) is 0 Å². The number of furan rings is 1. The predicted octanol–water partition coefficient (Wildman–Crippen LogP) is 3.52. The van der Waals surface area contributed by atoms with Crippen LogP contribution in [-0.2, 0) is 6.54 Å². The van der Waals surface area contributed by atoms with E-state index in [1.54, 1.807) is 50.2 Å². The molecule has 0 aliphatic rings. The quantitative estimate of drug-likeness (QED) is 0.866. The molecule has 0 saturated heterocycles. The van der Waals surface area contributed by atoms with Crippen molar-refractivity contribution in [3.8, 4) is 5.75 Å². The van der Waals surface area contributed by atoms with Gasteiger partial charge in [-0.3, -0.25) is 4.79 Å². The highest BCUT2D eigenvalue weighted by atomic mass is 35.5. The lowest BCUT2D eigenvalue weighted by Crippen LogP contribution is -2.26. The Morgan fingerprint density at radius 1 is 1.40 bits per heavy atom. The van der Waals surface area contributed by atoms with Crippen LogP contribution in [0.3, 0.4) is 0 Å². The smallest absolute Gasteiger partial charge is 0.257 e. The van der Waals surface area contributed by atoms with Crippen molar-refractivity contribution < 1.29 is 13.9 Å². The summed E-state index contributed by atoms with van der Waals surface area (Å²) in [5.41, 5.74) is 1.42. The van der Waals surface area contributed by atoms with Crippen LogP contribution in [0.1, 0.15) is 21.7 Å². The van der Waals surface area contributed by atoms with E-state index >= 15 is 0 Å². The number of carbonyl (C=O) groups is 1. The van der Waals surface area contributed by atoms with Crippen LogP contribution in [0.2, 0.25) is 5.02 Å². The molecule has 0 bridgehead atoms. The average molecular weight is 294 g/mol. The van der Waals surface area contributed by atoms with Crippen molar-refractivity contribution in [2.24, 2.45) is 0 Å². The number of aryl methyl sites for hydroxylation is 1. The van der Waals surface area contributed by atoms with Crippen LogP contribution in [0.15, 0.2) is 34.9 Å². The van der Waals surface area contributed by atoms with E-state index in [9.17, 15) is 4.79 Å². The molecule has 1 amide bonds. The number of methoxy groups -OCH3 is 1. The Balaban J connectivity index is 2.20. The minimum absolute atomic E-state index is 0.0988. The summed E-state index contributed by atoms with van der Waals surface area (Å²) in [6.45, 7) is 2.17. The van der Waals surface area contributed by atoms with E-state index in [-0.39, 0.29) is 5.91 Å². The summed E-state index contributed by atoms with van der Waals surface area (Å²) < 4.78 is 10.4. The molecular formula is C15H16ClNO3. The standard InChI is InChI=1S/C15H16ClNO3/c1-10-13(6-7-20-10)15(18)17(2)9-11-8-12(16)4-5-14(11)19-3/h4-8H,9H2,1-3H3. The van der Waals surface area contributed by atoms with Crippen LogP contribution in [-0.4, -0.2) is 25.0 Å². The molecule has 0 fully saturated rings. The lowest BCUT2D eigenvalue weighted by Gasteiger charge is -2.18. The zero-order chi connectivity index (χ0) is 14.7. The summed E-state index contributed by atoms with van der Waals surface area (Å²) in [5.74, 6) is 1.22. The Hall–Kier alpha value is -1.94. The van der Waals surface area contributed by atoms with Crippen molar-refractivity contribution in [2.75, 3.05) is 14.2 Å². The lowest BCUT2D eigenvalue weighted by molar-refractivity contribution is 0.0782. The predicted molar refractivity (Wildman–Crippen MR) is 77.2 cm³/mol. The first-order chi connectivity index (χ1) is 9.52. The molecule has 0 saturated carbocycles. The first kappa shape index (κ1) is 14.5. The van der Waals surface area contributed by atoms with Crippen molar-refractivity contribution >= 4 is 17.5 Å². The second-order valence-corrected chi connectivity index (χ2v) is 4.94. The minimum Gasteiger partial charge on any atom is -0.496 e. The van der Waals surface area contributed by atoms with Gasteiger partial charge < -0.3 is 14.1 Å². The molecule has 106 valence electrons. The fraction of sp³-hybridized carbons (Fsp3) is 0.267. The van der Waals surface area contributed by atoms with Gasteiger partial charge in [0.25, 0.3) is 5.91 Å². The molecule has 2 aromatic rings. The molecule has 1 aromatic heterocycles. The van der Waals surface area contributed by atoms with Gasteiger partial charge in [0.15, 0.2) is 0 Å². The molecule has 5 heteroatoms. The highest BCUT2D eigenvalue weighted by molar-refractivity contribution is 6.30. The zero-order valence-electron chi connectivity index (χ0n) is 11.6. The van der Waals surface area contributed by atoms with Gasteiger partial charge in [-0.25, -0.2) is 0 Å². The van der Waals surface area contributed by atoms with Crippen LogP contribution < -0.4 is 4.74 Å². The van der Waals surface area contributed by atoms with Crippen LogP contribution in [0, 0.1) is 6.92 Å². The molecular weight excluding hydrogens is 278 g/mol. The molecule has 0 radical (unpaired) electrons. The van der Waals surface area contributed by atoms with Crippen LogP contribution in [0.4, 0.5) is 0 Å². The first-order valence-electron chi connectivity index (χ1n) is 6.15. The number of rotatable bonds is 4. The fourth-order valence-electron chi connectivity index (χ4n) is 2.01. The largest absolute Gasteiger partial charge is 0.496 e. The molecule has 0 unspecified atom stereocenters. The Bertz CT molecular complexity index is 621. The van der Waals surface area contributed by atoms with E-state index in [4.69, 9.17) is 20.8 Å². The molecule has 0 spiro atoms. The van der Waals surface area contributed by atoms with Gasteiger partial charge in [0.1, 0.15) is 11.5 Å². The van der Waals surface area contributed by atoms with E-state index in [2.05, 4.69) is 0 Å². The van der Waals surface area contributed by atoms with Crippen LogP contribution in [0.5, 0.6) is 5.75 Å². The zero-order valence-corrected chi connectivity index (χ0v) is 12.4. The maximum absolute atomic E-state index is 12.3. The minimum atomic E-state index is -0.0988. The van der Waals surface area contributed by atoms with Crippen molar-refractivity contribution in [1.29, 1.82) is 0 Å². The van der Waals surface area contributed by atoms with E-state index in [1.165, 1.54) is 6.26 Å². The average Bonchev–Trinajstić information content (AvgIpc) is 2.84. The second-order valence-electron chi connectivity index (χ2n) is 4.51. The topological polar surface area (TPSA) is 42.7 Å². The SMILES string of the molecule is COc1ccc(Cl)cc1CN(C)C(=O)c1ccoc1C. The van der Waals surface area contributed by atoms with Gasteiger partial charge in [-0.05, 0) is 31.2 Å². The summed E-state index contributed by atoms with van der Waals surface area (Å²) in [6, 6.07) is 7.01. The molecule has 2 rings (SSSR count). The number of halogens is 1. The van der Waals surface area contributed by atoms with Gasteiger partial charge in [-0.15, -0.1) is 0 Å². The molecule has 1 heterocycles. The summed E-state index contributed by atoms with van der Waals surface area (Å²) in [7, 11) is 3.32. The van der Waals surface area contributed by atoms with Crippen LogP contribution >= 0.6 is 11.6 Å². The normalized spacial score (nSPS) is 10.4. The third-order valence-electron chi connectivity index (χ3n) is 3.09. The lowest BCUT2D eigenvalue weighted by atomic mass is 10.1. The van der Waals surface area contributed by atoms with Gasteiger partial charge in [-0.1, -0.05) is 11.6 Å². The third-order valence-corrected chi connectivity index (χ3v) is 3.32. The molecule has 4 nitrogen and oxygen atoms in total. The summed E-state index contributed by atoms with van der Waals surface area (Å²) in [5, 5.41) is 0.612. The van der Waals surface area contributed by atoms with E-state index in [0.717, 1.165) is 5.56 Å². The van der Waals surface area contributed by atoms with E-state index < -0.39 is 0 Å². The third kappa shape index (κ3) is 2.96. The monoisotopic (exact) mass is 293 g/mol.